The molecular weight excluding hydrogens is 496 g/mol. The number of ether oxygens (including phenoxy) is 2. The number of imidazole rings is 1. The van der Waals surface area contributed by atoms with E-state index >= 15 is 0 Å². The highest BCUT2D eigenvalue weighted by atomic mass is 16.6. The van der Waals surface area contributed by atoms with E-state index in [4.69, 9.17) is 30.2 Å². The normalized spacial score (nSPS) is 19.3. The van der Waals surface area contributed by atoms with Crippen LogP contribution in [0.4, 0.5) is 11.9 Å². The fourth-order valence-corrected chi connectivity index (χ4v) is 5.22. The van der Waals surface area contributed by atoms with E-state index in [-0.39, 0.29) is 5.97 Å². The van der Waals surface area contributed by atoms with Gasteiger partial charge in [0.1, 0.15) is 18.0 Å². The van der Waals surface area contributed by atoms with E-state index in [2.05, 4.69) is 14.8 Å². The second-order valence-corrected chi connectivity index (χ2v) is 11.5. The summed E-state index contributed by atoms with van der Waals surface area (Å²) in [4.78, 5) is 36.0. The van der Waals surface area contributed by atoms with Crippen molar-refractivity contribution in [2.24, 2.45) is 11.7 Å². The molecule has 39 heavy (non-hydrogen) atoms. The predicted octanol–water partition coefficient (Wildman–Crippen LogP) is 3.10. The van der Waals surface area contributed by atoms with Gasteiger partial charge in [0.05, 0.1) is 24.2 Å². The zero-order valence-corrected chi connectivity index (χ0v) is 23.3. The van der Waals surface area contributed by atoms with Crippen LogP contribution in [0.2, 0.25) is 0 Å². The second kappa shape index (κ2) is 11.8. The van der Waals surface area contributed by atoms with E-state index in [0.29, 0.717) is 43.4 Å². The Labute approximate surface area is 229 Å². The molecule has 2 unspecified atom stereocenters. The molecule has 4 heterocycles. The summed E-state index contributed by atoms with van der Waals surface area (Å²) in [6, 6.07) is 7.40. The Bertz CT molecular complexity index is 1270. The van der Waals surface area contributed by atoms with Crippen molar-refractivity contribution in [3.8, 4) is 5.95 Å². The molecule has 210 valence electrons. The number of hydrogen-bond acceptors (Lipinski definition) is 10. The largest absolute Gasteiger partial charge is 0.459 e. The van der Waals surface area contributed by atoms with Crippen LogP contribution in [-0.2, 0) is 14.3 Å². The summed E-state index contributed by atoms with van der Waals surface area (Å²) in [7, 11) is 0. The molecule has 0 saturated carbocycles. The van der Waals surface area contributed by atoms with Gasteiger partial charge in [0.2, 0.25) is 17.8 Å². The summed E-state index contributed by atoms with van der Waals surface area (Å²) in [5.41, 5.74) is 7.45. The number of rotatable bonds is 8. The van der Waals surface area contributed by atoms with Crippen LogP contribution in [0.1, 0.15) is 52.9 Å². The lowest BCUT2D eigenvalue weighted by Crippen LogP contribution is -2.40. The zero-order chi connectivity index (χ0) is 27.4. The lowest BCUT2D eigenvalue weighted by molar-refractivity contribution is -0.156. The average Bonchev–Trinajstić information content (AvgIpc) is 3.37. The van der Waals surface area contributed by atoms with Crippen molar-refractivity contribution in [3.63, 3.8) is 0 Å². The van der Waals surface area contributed by atoms with E-state index in [0.717, 1.165) is 62.9 Å². The summed E-state index contributed by atoms with van der Waals surface area (Å²) < 4.78 is 12.9. The highest BCUT2D eigenvalue weighted by Gasteiger charge is 2.26. The number of nitrogens with two attached hydrogens (primary N) is 1. The summed E-state index contributed by atoms with van der Waals surface area (Å²) >= 11 is 0. The first-order valence-corrected chi connectivity index (χ1v) is 14.0. The Morgan fingerprint density at radius 1 is 1.08 bits per heavy atom. The molecular formula is C28H40N8O3. The zero-order valence-electron chi connectivity index (χ0n) is 23.3. The molecule has 0 amide bonds. The van der Waals surface area contributed by atoms with Gasteiger partial charge in [-0.15, -0.1) is 0 Å². The van der Waals surface area contributed by atoms with E-state index in [1.807, 2.05) is 49.6 Å². The first-order chi connectivity index (χ1) is 18.8. The molecule has 2 fully saturated rings. The number of para-hydroxylation sites is 2. The number of carbonyl (C=O) groups excluding carboxylic acids is 1. The maximum absolute atomic E-state index is 12.3. The molecule has 0 radical (unpaired) electrons. The molecule has 2 saturated heterocycles. The monoisotopic (exact) mass is 536 g/mol. The summed E-state index contributed by atoms with van der Waals surface area (Å²) in [5, 5.41) is 0. The summed E-state index contributed by atoms with van der Waals surface area (Å²) in [6.45, 7) is 10.1. The van der Waals surface area contributed by atoms with Gasteiger partial charge in [0.15, 0.2) is 0 Å². The Kier molecular flexibility index (Phi) is 8.27. The van der Waals surface area contributed by atoms with Crippen LogP contribution in [0.3, 0.4) is 0 Å². The number of anilines is 2. The summed E-state index contributed by atoms with van der Waals surface area (Å²) in [5.74, 6) is 2.08. The van der Waals surface area contributed by atoms with Crippen LogP contribution in [0.15, 0.2) is 30.6 Å². The molecule has 0 aliphatic carbocycles. The molecule has 2 aliphatic heterocycles. The van der Waals surface area contributed by atoms with Crippen LogP contribution in [-0.4, -0.2) is 81.5 Å². The third-order valence-corrected chi connectivity index (χ3v) is 7.20. The molecule has 5 rings (SSSR count). The molecule has 0 spiro atoms. The van der Waals surface area contributed by atoms with E-state index in [9.17, 15) is 4.79 Å². The number of nitrogens with zero attached hydrogens (tertiary/aromatic N) is 7. The van der Waals surface area contributed by atoms with Gasteiger partial charge in [0, 0.05) is 26.2 Å². The van der Waals surface area contributed by atoms with E-state index < -0.39 is 11.6 Å². The molecule has 11 nitrogen and oxygen atoms in total. The number of esters is 1. The lowest BCUT2D eigenvalue weighted by Gasteiger charge is -2.34. The molecule has 11 heteroatoms. The molecule has 0 bridgehead atoms. The number of benzene rings is 1. The molecule has 3 aromatic rings. The number of fused-ring (bicyclic) bond motifs is 1. The van der Waals surface area contributed by atoms with Gasteiger partial charge in [-0.2, -0.15) is 15.0 Å². The molecule has 2 aromatic heterocycles. The van der Waals surface area contributed by atoms with Crippen molar-refractivity contribution in [2.45, 2.75) is 64.5 Å². The Hall–Kier alpha value is -3.31. The van der Waals surface area contributed by atoms with Crippen molar-refractivity contribution in [1.82, 2.24) is 24.5 Å². The summed E-state index contributed by atoms with van der Waals surface area (Å²) in [6.07, 6.45) is 6.47. The number of morpholine rings is 1. The fraction of sp³-hybridized carbons (Fsp3) is 0.607. The Morgan fingerprint density at radius 3 is 2.56 bits per heavy atom. The number of aromatic nitrogens is 5. The highest BCUT2D eigenvalue weighted by Crippen LogP contribution is 2.27. The third kappa shape index (κ3) is 6.83. The van der Waals surface area contributed by atoms with Crippen molar-refractivity contribution in [2.75, 3.05) is 49.2 Å². The minimum atomic E-state index is -0.587. The lowest BCUT2D eigenvalue weighted by atomic mass is 9.92. The smallest absolute Gasteiger partial charge is 0.323 e. The maximum Gasteiger partial charge on any atom is 0.323 e. The van der Waals surface area contributed by atoms with Gasteiger partial charge in [0.25, 0.3) is 0 Å². The van der Waals surface area contributed by atoms with Crippen LogP contribution in [0.5, 0.6) is 0 Å². The first-order valence-electron chi connectivity index (χ1n) is 14.0. The topological polar surface area (TPSA) is 125 Å². The third-order valence-electron chi connectivity index (χ3n) is 7.20. The van der Waals surface area contributed by atoms with Crippen molar-refractivity contribution >= 4 is 28.9 Å². The minimum Gasteiger partial charge on any atom is -0.459 e. The molecule has 2 atom stereocenters. The van der Waals surface area contributed by atoms with Gasteiger partial charge in [-0.25, -0.2) is 4.98 Å². The average molecular weight is 537 g/mol. The Morgan fingerprint density at radius 2 is 1.79 bits per heavy atom. The number of piperidine rings is 1. The van der Waals surface area contributed by atoms with Gasteiger partial charge < -0.3 is 25.0 Å². The standard InChI is InChI=1S/C28H40N8O3/c1-28(2,3)39-24(37)21(29)10-6-8-20-9-7-13-35(18-20)26-31-25(34-14-16-38-17-15-34)32-27(33-26)36-19-30-22-11-4-5-12-23(22)36/h4-5,11-12,19-21H,6-10,13-18,29H2,1-3H3. The van der Waals surface area contributed by atoms with Crippen LogP contribution >= 0.6 is 0 Å². The SMILES string of the molecule is CC(C)(C)OC(=O)C(N)CCCC1CCCN(c2nc(N3CCOCC3)nc(-n3cnc4ccccc43)n2)C1. The van der Waals surface area contributed by atoms with Gasteiger partial charge in [-0.1, -0.05) is 18.6 Å². The second-order valence-electron chi connectivity index (χ2n) is 11.5. The first kappa shape index (κ1) is 27.3. The number of hydrogen-bond donors (Lipinski definition) is 1. The minimum absolute atomic E-state index is 0.326. The van der Waals surface area contributed by atoms with E-state index in [1.165, 1.54) is 0 Å². The van der Waals surface area contributed by atoms with Crippen LogP contribution in [0.25, 0.3) is 17.0 Å². The van der Waals surface area contributed by atoms with Gasteiger partial charge in [-0.3, -0.25) is 9.36 Å². The van der Waals surface area contributed by atoms with Gasteiger partial charge >= 0.3 is 5.97 Å². The van der Waals surface area contributed by atoms with Crippen molar-refractivity contribution in [3.05, 3.63) is 30.6 Å². The predicted molar refractivity (Wildman–Crippen MR) is 150 cm³/mol. The fourth-order valence-electron chi connectivity index (χ4n) is 5.22. The maximum atomic E-state index is 12.3. The highest BCUT2D eigenvalue weighted by molar-refractivity contribution is 5.76. The van der Waals surface area contributed by atoms with Gasteiger partial charge in [-0.05, 0) is 64.5 Å². The van der Waals surface area contributed by atoms with E-state index in [1.54, 1.807) is 6.33 Å². The molecule has 2 N–H and O–H groups in total. The van der Waals surface area contributed by atoms with Crippen molar-refractivity contribution < 1.29 is 14.3 Å². The number of carbonyl (C=O) groups is 1. The Balaban J connectivity index is 1.31. The van der Waals surface area contributed by atoms with Crippen molar-refractivity contribution in [1.29, 1.82) is 0 Å². The quantitative estimate of drug-likeness (QED) is 0.429. The molecule has 2 aliphatic rings. The molecule has 1 aromatic carbocycles. The van der Waals surface area contributed by atoms with Crippen LogP contribution < -0.4 is 15.5 Å². The van der Waals surface area contributed by atoms with Crippen LogP contribution in [0, 0.1) is 5.92 Å².